The zero-order valence-electron chi connectivity index (χ0n) is 14.5. The van der Waals surface area contributed by atoms with Crippen molar-refractivity contribution in [3.05, 3.63) is 83.9 Å². The molecule has 3 rings (SSSR count). The number of carbonyl (C=O) groups is 1. The highest BCUT2D eigenvalue weighted by Crippen LogP contribution is 2.17. The number of carbonyl (C=O) groups excluding carboxylic acids is 1. The number of ether oxygens (including phenoxy) is 1. The number of rotatable bonds is 7. The van der Waals surface area contributed by atoms with E-state index in [1.165, 1.54) is 0 Å². The summed E-state index contributed by atoms with van der Waals surface area (Å²) in [5.41, 5.74) is 3.20. The van der Waals surface area contributed by atoms with Crippen LogP contribution in [0.5, 0.6) is 5.75 Å². The fourth-order valence-electron chi connectivity index (χ4n) is 2.45. The Morgan fingerprint density at radius 2 is 1.92 bits per heavy atom. The molecule has 0 aliphatic heterocycles. The Morgan fingerprint density at radius 1 is 1.04 bits per heavy atom. The van der Waals surface area contributed by atoms with E-state index in [-0.39, 0.29) is 5.91 Å². The summed E-state index contributed by atoms with van der Waals surface area (Å²) in [6, 6.07) is 15.0. The Hall–Kier alpha value is -3.41. The van der Waals surface area contributed by atoms with E-state index in [1.54, 1.807) is 31.8 Å². The molecule has 2 N–H and O–H groups in total. The molecule has 132 valence electrons. The maximum atomic E-state index is 12.3. The molecule has 0 saturated heterocycles. The van der Waals surface area contributed by atoms with Crippen LogP contribution < -0.4 is 15.4 Å². The normalized spacial score (nSPS) is 10.2. The monoisotopic (exact) mass is 348 g/mol. The second-order valence-corrected chi connectivity index (χ2v) is 5.64. The number of nitrogens with zero attached hydrogens (tertiary/aromatic N) is 2. The number of hydrogen-bond acceptors (Lipinski definition) is 5. The van der Waals surface area contributed by atoms with E-state index >= 15 is 0 Å². The van der Waals surface area contributed by atoms with Gasteiger partial charge in [0.1, 0.15) is 11.4 Å². The number of pyridine rings is 2. The van der Waals surface area contributed by atoms with Gasteiger partial charge in [-0.25, -0.2) is 4.98 Å². The van der Waals surface area contributed by atoms with E-state index in [9.17, 15) is 4.79 Å². The summed E-state index contributed by atoms with van der Waals surface area (Å²) in [5.74, 6) is 0.519. The first kappa shape index (κ1) is 17.4. The van der Waals surface area contributed by atoms with Crippen LogP contribution in [0.15, 0.2) is 67.1 Å². The lowest BCUT2D eigenvalue weighted by atomic mass is 10.2. The van der Waals surface area contributed by atoms with Crippen molar-refractivity contribution in [3.63, 3.8) is 0 Å². The number of anilines is 1. The van der Waals surface area contributed by atoms with Gasteiger partial charge in [0.05, 0.1) is 19.0 Å². The molecule has 2 heterocycles. The molecule has 0 saturated carbocycles. The summed E-state index contributed by atoms with van der Waals surface area (Å²) >= 11 is 0. The molecule has 1 amide bonds. The van der Waals surface area contributed by atoms with Gasteiger partial charge in [0.2, 0.25) is 0 Å². The van der Waals surface area contributed by atoms with Crippen molar-refractivity contribution in [2.24, 2.45) is 0 Å². The molecule has 0 bridgehead atoms. The van der Waals surface area contributed by atoms with Gasteiger partial charge in [0.25, 0.3) is 5.91 Å². The first-order valence-corrected chi connectivity index (χ1v) is 8.25. The van der Waals surface area contributed by atoms with Crippen LogP contribution in [-0.4, -0.2) is 23.0 Å². The molecule has 0 unspecified atom stereocenters. The predicted octanol–water partition coefficient (Wildman–Crippen LogP) is 3.03. The minimum atomic E-state index is -0.227. The van der Waals surface area contributed by atoms with Crippen molar-refractivity contribution < 1.29 is 9.53 Å². The second kappa shape index (κ2) is 8.62. The van der Waals surface area contributed by atoms with Gasteiger partial charge in [0, 0.05) is 31.0 Å². The van der Waals surface area contributed by atoms with Crippen molar-refractivity contribution in [2.45, 2.75) is 13.1 Å². The van der Waals surface area contributed by atoms with E-state index in [1.807, 2.05) is 42.5 Å². The van der Waals surface area contributed by atoms with E-state index in [0.717, 1.165) is 22.6 Å². The SMILES string of the molecule is COc1ccccc1CNC(=O)c1ccc(NCc2cccnc2)cn1. The molecule has 2 aromatic heterocycles. The largest absolute Gasteiger partial charge is 0.496 e. The highest BCUT2D eigenvalue weighted by atomic mass is 16.5. The van der Waals surface area contributed by atoms with Gasteiger partial charge in [-0.2, -0.15) is 0 Å². The third kappa shape index (κ3) is 4.57. The summed E-state index contributed by atoms with van der Waals surface area (Å²) in [4.78, 5) is 20.6. The summed E-state index contributed by atoms with van der Waals surface area (Å²) in [5, 5.41) is 6.11. The zero-order chi connectivity index (χ0) is 18.2. The Balaban J connectivity index is 1.55. The van der Waals surface area contributed by atoms with E-state index in [4.69, 9.17) is 4.74 Å². The first-order valence-electron chi connectivity index (χ1n) is 8.25. The molecule has 0 aliphatic carbocycles. The molecule has 0 aliphatic rings. The van der Waals surface area contributed by atoms with Gasteiger partial charge < -0.3 is 15.4 Å². The Labute approximate surface area is 152 Å². The number of methoxy groups -OCH3 is 1. The van der Waals surface area contributed by atoms with Crippen LogP contribution in [0.1, 0.15) is 21.6 Å². The molecule has 26 heavy (non-hydrogen) atoms. The Kier molecular flexibility index (Phi) is 5.77. The summed E-state index contributed by atoms with van der Waals surface area (Å²) in [6.07, 6.45) is 5.19. The maximum absolute atomic E-state index is 12.3. The minimum absolute atomic E-state index is 0.227. The van der Waals surface area contributed by atoms with Crippen molar-refractivity contribution in [2.75, 3.05) is 12.4 Å². The Bertz CT molecular complexity index is 851. The van der Waals surface area contributed by atoms with Crippen LogP contribution in [0.2, 0.25) is 0 Å². The van der Waals surface area contributed by atoms with Crippen LogP contribution in [0, 0.1) is 0 Å². The molecule has 1 aromatic carbocycles. The van der Waals surface area contributed by atoms with Gasteiger partial charge >= 0.3 is 0 Å². The van der Waals surface area contributed by atoms with Crippen LogP contribution >= 0.6 is 0 Å². The van der Waals surface area contributed by atoms with Gasteiger partial charge in [-0.15, -0.1) is 0 Å². The summed E-state index contributed by atoms with van der Waals surface area (Å²) in [7, 11) is 1.61. The third-order valence-electron chi connectivity index (χ3n) is 3.85. The number of amides is 1. The molecule has 0 radical (unpaired) electrons. The second-order valence-electron chi connectivity index (χ2n) is 5.64. The van der Waals surface area contributed by atoms with Crippen molar-refractivity contribution in [1.82, 2.24) is 15.3 Å². The van der Waals surface area contributed by atoms with Crippen LogP contribution in [-0.2, 0) is 13.1 Å². The quantitative estimate of drug-likeness (QED) is 0.686. The van der Waals surface area contributed by atoms with E-state index in [2.05, 4.69) is 20.6 Å². The van der Waals surface area contributed by atoms with Gasteiger partial charge in [-0.05, 0) is 29.8 Å². The number of aromatic nitrogens is 2. The zero-order valence-corrected chi connectivity index (χ0v) is 14.5. The van der Waals surface area contributed by atoms with Crippen molar-refractivity contribution >= 4 is 11.6 Å². The minimum Gasteiger partial charge on any atom is -0.496 e. The fourth-order valence-corrected chi connectivity index (χ4v) is 2.45. The third-order valence-corrected chi connectivity index (χ3v) is 3.85. The average Bonchev–Trinajstić information content (AvgIpc) is 2.72. The lowest BCUT2D eigenvalue weighted by Gasteiger charge is -2.10. The van der Waals surface area contributed by atoms with Crippen molar-refractivity contribution in [3.8, 4) is 5.75 Å². The highest BCUT2D eigenvalue weighted by molar-refractivity contribution is 5.92. The van der Waals surface area contributed by atoms with E-state index < -0.39 is 0 Å². The predicted molar refractivity (Wildman–Crippen MR) is 100.0 cm³/mol. The molecule has 3 aromatic rings. The number of nitrogens with one attached hydrogen (secondary N) is 2. The summed E-state index contributed by atoms with van der Waals surface area (Å²) in [6.45, 7) is 1.03. The number of benzene rings is 1. The molecule has 0 fully saturated rings. The highest BCUT2D eigenvalue weighted by Gasteiger charge is 2.08. The molecule has 0 atom stereocenters. The first-order chi connectivity index (χ1) is 12.8. The fraction of sp³-hybridized carbons (Fsp3) is 0.150. The van der Waals surface area contributed by atoms with Crippen molar-refractivity contribution in [1.29, 1.82) is 0 Å². The Morgan fingerprint density at radius 3 is 2.65 bits per heavy atom. The molecular weight excluding hydrogens is 328 g/mol. The standard InChI is InChI=1S/C20H20N4O2/c1-26-19-7-3-2-6-16(19)13-24-20(25)18-9-8-17(14-23-18)22-12-15-5-4-10-21-11-15/h2-11,14,22H,12-13H2,1H3,(H,24,25). The van der Waals surface area contributed by atoms with Gasteiger partial charge in [0.15, 0.2) is 0 Å². The summed E-state index contributed by atoms with van der Waals surface area (Å²) < 4.78 is 5.28. The van der Waals surface area contributed by atoms with Crippen LogP contribution in [0.4, 0.5) is 5.69 Å². The van der Waals surface area contributed by atoms with Crippen LogP contribution in [0.25, 0.3) is 0 Å². The average molecular weight is 348 g/mol. The molecule has 6 nitrogen and oxygen atoms in total. The lowest BCUT2D eigenvalue weighted by molar-refractivity contribution is 0.0945. The molecule has 0 spiro atoms. The topological polar surface area (TPSA) is 76.1 Å². The van der Waals surface area contributed by atoms with E-state index in [0.29, 0.717) is 18.8 Å². The lowest BCUT2D eigenvalue weighted by Crippen LogP contribution is -2.24. The molecule has 6 heteroatoms. The smallest absolute Gasteiger partial charge is 0.270 e. The molecular formula is C20H20N4O2. The number of hydrogen-bond donors (Lipinski definition) is 2. The van der Waals surface area contributed by atoms with Gasteiger partial charge in [-0.3, -0.25) is 9.78 Å². The number of para-hydroxylation sites is 1. The van der Waals surface area contributed by atoms with Gasteiger partial charge in [-0.1, -0.05) is 24.3 Å². The van der Waals surface area contributed by atoms with Crippen LogP contribution in [0.3, 0.4) is 0 Å². The maximum Gasteiger partial charge on any atom is 0.270 e.